The maximum absolute atomic E-state index is 10.8. The highest BCUT2D eigenvalue weighted by Crippen LogP contribution is 1.91. The largest absolute Gasteiger partial charge is 0.336 e. The van der Waals surface area contributed by atoms with Crippen molar-refractivity contribution in [1.29, 1.82) is 0 Å². The van der Waals surface area contributed by atoms with E-state index in [1.165, 1.54) is 4.90 Å². The number of nitrogens with zero attached hydrogens (tertiary/aromatic N) is 1. The van der Waals surface area contributed by atoms with Crippen LogP contribution in [0.3, 0.4) is 0 Å². The highest BCUT2D eigenvalue weighted by Gasteiger charge is 2.14. The van der Waals surface area contributed by atoms with Crippen LogP contribution in [0.15, 0.2) is 0 Å². The van der Waals surface area contributed by atoms with Gasteiger partial charge in [-0.15, -0.1) is 0 Å². The summed E-state index contributed by atoms with van der Waals surface area (Å²) >= 11 is 3.41. The standard InChI is InChI=1S/C6H11NO2S/c1-3-7(4-2)5(8)6(9)10/h3-4H2,1-2H3,(H,9,10). The number of likely N-dealkylation sites (N-methyl/N-ethyl adjacent to an activating group) is 1. The van der Waals surface area contributed by atoms with Gasteiger partial charge in [-0.05, 0) is 13.8 Å². The van der Waals surface area contributed by atoms with Crippen LogP contribution in [0.25, 0.3) is 0 Å². The predicted molar refractivity (Wildman–Crippen MR) is 41.9 cm³/mol. The maximum Gasteiger partial charge on any atom is 0.300 e. The Morgan fingerprint density at radius 2 is 1.70 bits per heavy atom. The van der Waals surface area contributed by atoms with Crippen molar-refractivity contribution in [2.24, 2.45) is 0 Å². The molecule has 0 atom stereocenters. The fourth-order valence-corrected chi connectivity index (χ4v) is 0.788. The molecule has 0 aromatic carbocycles. The molecular formula is C6H11NO2S. The third-order valence-electron chi connectivity index (χ3n) is 1.23. The van der Waals surface area contributed by atoms with Gasteiger partial charge in [-0.1, -0.05) is 12.6 Å². The van der Waals surface area contributed by atoms with Gasteiger partial charge in [0.1, 0.15) is 0 Å². The first-order valence-electron chi connectivity index (χ1n) is 3.15. The summed E-state index contributed by atoms with van der Waals surface area (Å²) in [6.45, 7) is 4.75. The number of hydrogen-bond donors (Lipinski definition) is 1. The van der Waals surface area contributed by atoms with Crippen LogP contribution in [0.5, 0.6) is 0 Å². The molecule has 4 heteroatoms. The summed E-state index contributed by atoms with van der Waals surface area (Å²) in [5.41, 5.74) is 0. The smallest absolute Gasteiger partial charge is 0.300 e. The molecule has 0 bridgehead atoms. The second kappa shape index (κ2) is 4.33. The summed E-state index contributed by atoms with van der Waals surface area (Å²) in [6, 6.07) is 0. The summed E-state index contributed by atoms with van der Waals surface area (Å²) in [4.78, 5) is 22.6. The lowest BCUT2D eigenvalue weighted by Crippen LogP contribution is -2.34. The minimum atomic E-state index is -0.691. The Kier molecular flexibility index (Phi) is 4.11. The number of carbonyl (C=O) groups is 2. The molecule has 0 spiro atoms. The molecule has 0 fully saturated rings. The van der Waals surface area contributed by atoms with E-state index in [2.05, 4.69) is 12.6 Å². The number of carbonyl (C=O) groups excluding carboxylic acids is 2. The van der Waals surface area contributed by atoms with E-state index >= 15 is 0 Å². The minimum Gasteiger partial charge on any atom is -0.336 e. The Bertz CT molecular complexity index is 143. The van der Waals surface area contributed by atoms with Crippen molar-refractivity contribution in [3.05, 3.63) is 0 Å². The van der Waals surface area contributed by atoms with Crippen LogP contribution in [0, 0.1) is 0 Å². The Morgan fingerprint density at radius 3 is 1.80 bits per heavy atom. The molecule has 0 rings (SSSR count). The second-order valence-electron chi connectivity index (χ2n) is 1.78. The van der Waals surface area contributed by atoms with E-state index in [-0.39, 0.29) is 0 Å². The van der Waals surface area contributed by atoms with Gasteiger partial charge in [0.15, 0.2) is 0 Å². The average Bonchev–Trinajstić information content (AvgIpc) is 1.90. The fourth-order valence-electron chi connectivity index (χ4n) is 0.646. The molecule has 58 valence electrons. The Balaban J connectivity index is 4.02. The van der Waals surface area contributed by atoms with Crippen LogP contribution in [0.1, 0.15) is 13.8 Å². The van der Waals surface area contributed by atoms with Crippen LogP contribution in [0.4, 0.5) is 0 Å². The van der Waals surface area contributed by atoms with E-state index in [0.717, 1.165) is 0 Å². The van der Waals surface area contributed by atoms with E-state index in [0.29, 0.717) is 13.1 Å². The average molecular weight is 161 g/mol. The van der Waals surface area contributed by atoms with Crippen molar-refractivity contribution in [2.75, 3.05) is 13.1 Å². The van der Waals surface area contributed by atoms with Gasteiger partial charge in [0, 0.05) is 13.1 Å². The van der Waals surface area contributed by atoms with Gasteiger partial charge < -0.3 is 4.90 Å². The highest BCUT2D eigenvalue weighted by atomic mass is 32.1. The molecule has 1 amide bonds. The van der Waals surface area contributed by atoms with E-state index < -0.39 is 11.0 Å². The lowest BCUT2D eigenvalue weighted by molar-refractivity contribution is -0.139. The fraction of sp³-hybridized carbons (Fsp3) is 0.667. The first-order chi connectivity index (χ1) is 4.63. The van der Waals surface area contributed by atoms with Crippen molar-refractivity contribution in [2.45, 2.75) is 13.8 Å². The molecule has 0 N–H and O–H groups in total. The number of hydrogen-bond acceptors (Lipinski definition) is 2. The Morgan fingerprint density at radius 1 is 1.30 bits per heavy atom. The first kappa shape index (κ1) is 9.49. The van der Waals surface area contributed by atoms with Crippen LogP contribution in [-0.4, -0.2) is 29.0 Å². The second-order valence-corrected chi connectivity index (χ2v) is 2.19. The third kappa shape index (κ3) is 2.39. The lowest BCUT2D eigenvalue weighted by Gasteiger charge is -2.15. The molecule has 0 aliphatic heterocycles. The summed E-state index contributed by atoms with van der Waals surface area (Å²) < 4.78 is 0. The zero-order chi connectivity index (χ0) is 8.15. The monoisotopic (exact) mass is 161 g/mol. The van der Waals surface area contributed by atoms with Crippen molar-refractivity contribution in [3.63, 3.8) is 0 Å². The van der Waals surface area contributed by atoms with E-state index in [9.17, 15) is 9.59 Å². The summed E-state index contributed by atoms with van der Waals surface area (Å²) in [5.74, 6) is -0.520. The molecule has 3 nitrogen and oxygen atoms in total. The van der Waals surface area contributed by atoms with Gasteiger partial charge in [0.05, 0.1) is 0 Å². The van der Waals surface area contributed by atoms with Gasteiger partial charge in [0.25, 0.3) is 5.12 Å². The molecule has 0 saturated heterocycles. The van der Waals surface area contributed by atoms with Gasteiger partial charge in [-0.25, -0.2) is 0 Å². The normalized spacial score (nSPS) is 9.10. The third-order valence-corrected chi connectivity index (χ3v) is 1.42. The minimum absolute atomic E-state index is 0.520. The Labute approximate surface area is 65.8 Å². The van der Waals surface area contributed by atoms with Gasteiger partial charge >= 0.3 is 5.91 Å². The maximum atomic E-state index is 10.8. The Hall–Kier alpha value is -0.510. The molecule has 10 heavy (non-hydrogen) atoms. The molecular weight excluding hydrogens is 150 g/mol. The molecule has 0 aromatic heterocycles. The highest BCUT2D eigenvalue weighted by molar-refractivity contribution is 7.98. The van der Waals surface area contributed by atoms with Gasteiger partial charge in [-0.2, -0.15) is 0 Å². The molecule has 0 aliphatic rings. The first-order valence-corrected chi connectivity index (χ1v) is 3.60. The summed E-state index contributed by atoms with van der Waals surface area (Å²) in [7, 11) is 0. The molecule has 0 saturated carbocycles. The molecule has 0 aromatic rings. The number of amides is 1. The molecule has 0 unspecified atom stereocenters. The SMILES string of the molecule is CCN(CC)C(=O)C(=O)S. The summed E-state index contributed by atoms with van der Waals surface area (Å²) in [6.07, 6.45) is 0. The van der Waals surface area contributed by atoms with Crippen molar-refractivity contribution >= 4 is 23.7 Å². The lowest BCUT2D eigenvalue weighted by atomic mass is 10.5. The van der Waals surface area contributed by atoms with Crippen molar-refractivity contribution < 1.29 is 9.59 Å². The quantitative estimate of drug-likeness (QED) is 0.478. The number of rotatable bonds is 3. The number of thiol groups is 1. The zero-order valence-corrected chi connectivity index (χ0v) is 7.02. The van der Waals surface area contributed by atoms with Crippen molar-refractivity contribution in [3.8, 4) is 0 Å². The summed E-state index contributed by atoms with van der Waals surface area (Å²) in [5, 5.41) is -0.691. The van der Waals surface area contributed by atoms with E-state index in [1.54, 1.807) is 0 Å². The van der Waals surface area contributed by atoms with Crippen LogP contribution < -0.4 is 0 Å². The van der Waals surface area contributed by atoms with Gasteiger partial charge in [0.2, 0.25) is 0 Å². The van der Waals surface area contributed by atoms with E-state index in [1.807, 2.05) is 13.8 Å². The van der Waals surface area contributed by atoms with Gasteiger partial charge in [-0.3, -0.25) is 9.59 Å². The van der Waals surface area contributed by atoms with Crippen molar-refractivity contribution in [1.82, 2.24) is 4.90 Å². The molecule has 0 radical (unpaired) electrons. The van der Waals surface area contributed by atoms with E-state index in [4.69, 9.17) is 0 Å². The van der Waals surface area contributed by atoms with Crippen LogP contribution in [-0.2, 0) is 9.59 Å². The van der Waals surface area contributed by atoms with Crippen LogP contribution in [0.2, 0.25) is 0 Å². The molecule has 0 heterocycles. The van der Waals surface area contributed by atoms with Crippen LogP contribution >= 0.6 is 12.6 Å². The molecule has 0 aliphatic carbocycles. The zero-order valence-electron chi connectivity index (χ0n) is 6.13. The topological polar surface area (TPSA) is 37.4 Å². The predicted octanol–water partition coefficient (Wildman–Crippen LogP) is 0.311.